The van der Waals surface area contributed by atoms with E-state index in [9.17, 15) is 9.59 Å². The Kier molecular flexibility index (Phi) is 3.93. The fraction of sp³-hybridized carbons (Fsp3) is 0.286. The maximum atomic E-state index is 11.6. The van der Waals surface area contributed by atoms with Gasteiger partial charge in [0.05, 0.1) is 11.3 Å². The van der Waals surface area contributed by atoms with Crippen molar-refractivity contribution in [2.75, 3.05) is 6.61 Å². The molecule has 20 heavy (non-hydrogen) atoms. The van der Waals surface area contributed by atoms with Crippen molar-refractivity contribution in [2.24, 2.45) is 0 Å². The van der Waals surface area contributed by atoms with Gasteiger partial charge in [0.2, 0.25) is 0 Å². The molecule has 0 aliphatic carbocycles. The fourth-order valence-corrected chi connectivity index (χ4v) is 1.74. The Labute approximate surface area is 116 Å². The summed E-state index contributed by atoms with van der Waals surface area (Å²) in [4.78, 5) is 26.6. The van der Waals surface area contributed by atoms with E-state index in [1.54, 1.807) is 16.8 Å². The maximum Gasteiger partial charge on any atom is 0.340 e. The molecule has 0 atom stereocenters. The topological polar surface area (TPSA) is 74.1 Å². The van der Waals surface area contributed by atoms with E-state index in [0.717, 1.165) is 11.4 Å². The van der Waals surface area contributed by atoms with Crippen LogP contribution >= 0.6 is 0 Å². The van der Waals surface area contributed by atoms with Gasteiger partial charge in [0.15, 0.2) is 11.6 Å². The molecule has 6 heteroatoms. The Morgan fingerprint density at radius 3 is 2.55 bits per heavy atom. The van der Waals surface area contributed by atoms with E-state index in [1.165, 1.54) is 13.1 Å². The zero-order valence-corrected chi connectivity index (χ0v) is 11.6. The summed E-state index contributed by atoms with van der Waals surface area (Å²) >= 11 is 0. The lowest BCUT2D eigenvalue weighted by atomic mass is 10.3. The van der Waals surface area contributed by atoms with E-state index in [4.69, 9.17) is 4.74 Å². The molecule has 0 saturated heterocycles. The van der Waals surface area contributed by atoms with Crippen molar-refractivity contribution in [3.05, 3.63) is 41.3 Å². The maximum absolute atomic E-state index is 11.6. The van der Waals surface area contributed by atoms with Gasteiger partial charge in [-0.2, -0.15) is 5.10 Å². The molecule has 0 bridgehead atoms. The van der Waals surface area contributed by atoms with Crippen LogP contribution in [0.25, 0.3) is 5.82 Å². The fourth-order valence-electron chi connectivity index (χ4n) is 1.74. The van der Waals surface area contributed by atoms with Crippen LogP contribution in [-0.4, -0.2) is 33.1 Å². The van der Waals surface area contributed by atoms with Crippen LogP contribution in [0.3, 0.4) is 0 Å². The van der Waals surface area contributed by atoms with E-state index in [2.05, 4.69) is 10.1 Å². The van der Waals surface area contributed by atoms with E-state index in [-0.39, 0.29) is 12.4 Å². The largest absolute Gasteiger partial charge is 0.454 e. The highest BCUT2D eigenvalue weighted by atomic mass is 16.5. The Hall–Kier alpha value is -2.50. The van der Waals surface area contributed by atoms with Gasteiger partial charge in [0.25, 0.3) is 0 Å². The number of hydrogen-bond acceptors (Lipinski definition) is 5. The number of nitrogens with zero attached hydrogens (tertiary/aromatic N) is 3. The first-order valence-electron chi connectivity index (χ1n) is 6.13. The number of carbonyl (C=O) groups is 2. The van der Waals surface area contributed by atoms with E-state index in [0.29, 0.717) is 11.4 Å². The smallest absolute Gasteiger partial charge is 0.340 e. The number of aryl methyl sites for hydroxylation is 2. The Morgan fingerprint density at radius 1 is 1.30 bits per heavy atom. The van der Waals surface area contributed by atoms with Crippen LogP contribution in [0.4, 0.5) is 0 Å². The number of pyridine rings is 1. The molecule has 2 heterocycles. The third-order valence-electron chi connectivity index (χ3n) is 2.62. The molecule has 0 radical (unpaired) electrons. The first kappa shape index (κ1) is 13.9. The second-order valence-corrected chi connectivity index (χ2v) is 4.52. The molecule has 2 rings (SSSR count). The van der Waals surface area contributed by atoms with Crippen molar-refractivity contribution in [3.63, 3.8) is 0 Å². The first-order valence-corrected chi connectivity index (χ1v) is 6.13. The highest BCUT2D eigenvalue weighted by molar-refractivity contribution is 5.91. The summed E-state index contributed by atoms with van der Waals surface area (Å²) in [6, 6.07) is 5.22. The molecule has 0 aliphatic heterocycles. The number of carbonyl (C=O) groups excluding carboxylic acids is 2. The van der Waals surface area contributed by atoms with Gasteiger partial charge < -0.3 is 4.74 Å². The summed E-state index contributed by atoms with van der Waals surface area (Å²) in [7, 11) is 0. The van der Waals surface area contributed by atoms with E-state index in [1.807, 2.05) is 19.9 Å². The second-order valence-electron chi connectivity index (χ2n) is 4.52. The molecule has 0 N–H and O–H groups in total. The lowest BCUT2D eigenvalue weighted by molar-refractivity contribution is -0.120. The van der Waals surface area contributed by atoms with Crippen molar-refractivity contribution >= 4 is 11.8 Å². The zero-order valence-electron chi connectivity index (χ0n) is 11.6. The molecule has 104 valence electrons. The van der Waals surface area contributed by atoms with Crippen LogP contribution in [0.2, 0.25) is 0 Å². The lowest BCUT2D eigenvalue weighted by Gasteiger charge is -2.05. The second kappa shape index (κ2) is 5.64. The molecule has 0 saturated carbocycles. The third kappa shape index (κ3) is 3.09. The molecule has 0 fully saturated rings. The lowest BCUT2D eigenvalue weighted by Crippen LogP contribution is -2.12. The average Bonchev–Trinajstić information content (AvgIpc) is 2.75. The molecule has 0 unspecified atom stereocenters. The number of rotatable bonds is 4. The van der Waals surface area contributed by atoms with Crippen molar-refractivity contribution < 1.29 is 14.3 Å². The molecule has 0 spiro atoms. The normalized spacial score (nSPS) is 10.3. The monoisotopic (exact) mass is 273 g/mol. The van der Waals surface area contributed by atoms with Crippen molar-refractivity contribution in [3.8, 4) is 5.82 Å². The van der Waals surface area contributed by atoms with E-state index < -0.39 is 5.97 Å². The number of hydrogen-bond donors (Lipinski definition) is 0. The van der Waals surface area contributed by atoms with Crippen LogP contribution < -0.4 is 0 Å². The molecule has 0 aromatic carbocycles. The van der Waals surface area contributed by atoms with Gasteiger partial charge in [0.1, 0.15) is 6.61 Å². The van der Waals surface area contributed by atoms with Crippen molar-refractivity contribution in [2.45, 2.75) is 20.8 Å². The van der Waals surface area contributed by atoms with Gasteiger partial charge in [-0.25, -0.2) is 14.5 Å². The number of aromatic nitrogens is 3. The summed E-state index contributed by atoms with van der Waals surface area (Å²) in [5.74, 6) is -0.142. The number of esters is 1. The van der Waals surface area contributed by atoms with Crippen LogP contribution in [0, 0.1) is 13.8 Å². The molecular weight excluding hydrogens is 258 g/mol. The number of ether oxygens (including phenoxy) is 1. The van der Waals surface area contributed by atoms with Crippen molar-refractivity contribution in [1.82, 2.24) is 14.8 Å². The Balaban J connectivity index is 2.16. The van der Waals surface area contributed by atoms with Gasteiger partial charge in [-0.1, -0.05) is 0 Å². The van der Waals surface area contributed by atoms with E-state index >= 15 is 0 Å². The summed E-state index contributed by atoms with van der Waals surface area (Å²) in [6.07, 6.45) is 1.41. The minimum absolute atomic E-state index is 0.203. The van der Waals surface area contributed by atoms with Crippen LogP contribution in [0.1, 0.15) is 28.7 Å². The Bertz CT molecular complexity index is 644. The summed E-state index contributed by atoms with van der Waals surface area (Å²) in [5, 5.41) is 4.31. The molecule has 0 aliphatic rings. The predicted molar refractivity (Wildman–Crippen MR) is 71.8 cm³/mol. The summed E-state index contributed by atoms with van der Waals surface area (Å²) in [5.41, 5.74) is 2.16. The summed E-state index contributed by atoms with van der Waals surface area (Å²) in [6.45, 7) is 4.96. The summed E-state index contributed by atoms with van der Waals surface area (Å²) < 4.78 is 6.51. The zero-order chi connectivity index (χ0) is 14.7. The molecule has 0 amide bonds. The predicted octanol–water partition coefficient (Wildman–Crippen LogP) is 1.63. The SMILES string of the molecule is CC(=O)COC(=O)c1ccc(-n2nc(C)cc2C)nc1. The highest BCUT2D eigenvalue weighted by Crippen LogP contribution is 2.10. The van der Waals surface area contributed by atoms with Gasteiger partial charge >= 0.3 is 5.97 Å². The number of Topliss-reactive ketones (excluding diaryl/α,β-unsaturated/α-hetero) is 1. The first-order chi connectivity index (χ1) is 9.47. The van der Waals surface area contributed by atoms with Crippen LogP contribution in [0.5, 0.6) is 0 Å². The van der Waals surface area contributed by atoms with Crippen LogP contribution in [0.15, 0.2) is 24.4 Å². The quantitative estimate of drug-likeness (QED) is 0.791. The van der Waals surface area contributed by atoms with Gasteiger partial charge in [0, 0.05) is 11.9 Å². The molecular formula is C14H15N3O3. The van der Waals surface area contributed by atoms with Gasteiger partial charge in [-0.05, 0) is 39.0 Å². The molecule has 2 aromatic heterocycles. The molecule has 2 aromatic rings. The highest BCUT2D eigenvalue weighted by Gasteiger charge is 2.10. The minimum Gasteiger partial charge on any atom is -0.454 e. The van der Waals surface area contributed by atoms with Gasteiger partial charge in [-0.15, -0.1) is 0 Å². The minimum atomic E-state index is -0.562. The Morgan fingerprint density at radius 2 is 2.05 bits per heavy atom. The standard InChI is InChI=1S/C14H15N3O3/c1-9-6-10(2)17(16-9)13-5-4-12(7-15-13)14(19)20-8-11(3)18/h4-7H,8H2,1-3H3. The average molecular weight is 273 g/mol. The van der Waals surface area contributed by atoms with Crippen molar-refractivity contribution in [1.29, 1.82) is 0 Å². The van der Waals surface area contributed by atoms with Gasteiger partial charge in [-0.3, -0.25) is 4.79 Å². The third-order valence-corrected chi connectivity index (χ3v) is 2.62. The van der Waals surface area contributed by atoms with Crippen LogP contribution in [-0.2, 0) is 9.53 Å². The molecule has 6 nitrogen and oxygen atoms in total. The number of ketones is 1.